The molecule has 0 spiro atoms. The van der Waals surface area contributed by atoms with Gasteiger partial charge >= 0.3 is 0 Å². The highest BCUT2D eigenvalue weighted by molar-refractivity contribution is 6.08. The maximum atomic E-state index is 12.7. The Hall–Kier alpha value is -3.28. The normalized spacial score (nSPS) is 13.7. The van der Waals surface area contributed by atoms with Crippen LogP contribution in [0.2, 0.25) is 0 Å². The van der Waals surface area contributed by atoms with Crippen LogP contribution in [-0.2, 0) is 11.2 Å². The number of para-hydroxylation sites is 3. The lowest BCUT2D eigenvalue weighted by atomic mass is 10.00. The molecule has 2 aromatic carbocycles. The van der Waals surface area contributed by atoms with Gasteiger partial charge in [0.15, 0.2) is 5.78 Å². The summed E-state index contributed by atoms with van der Waals surface area (Å²) in [5.41, 5.74) is 2.67. The maximum Gasteiger partial charge on any atom is 0.270 e. The second-order valence-electron chi connectivity index (χ2n) is 6.27. The molecule has 0 atom stereocenters. The van der Waals surface area contributed by atoms with Gasteiger partial charge in [-0.3, -0.25) is 14.4 Å². The van der Waals surface area contributed by atoms with Crippen molar-refractivity contribution in [3.05, 3.63) is 70.1 Å². The van der Waals surface area contributed by atoms with Crippen LogP contribution in [0.3, 0.4) is 0 Å². The summed E-state index contributed by atoms with van der Waals surface area (Å²) in [6.07, 6.45) is 0.736. The molecule has 0 bridgehead atoms. The monoisotopic (exact) mass is 347 g/mol. The van der Waals surface area contributed by atoms with Crippen LogP contribution in [0.1, 0.15) is 28.9 Å². The third kappa shape index (κ3) is 2.90. The molecule has 3 aromatic rings. The largest absolute Gasteiger partial charge is 0.319 e. The molecule has 0 unspecified atom stereocenters. The number of aryl methyl sites for hydroxylation is 1. The van der Waals surface area contributed by atoms with E-state index in [0.717, 1.165) is 0 Å². The van der Waals surface area contributed by atoms with E-state index in [2.05, 4.69) is 9.97 Å². The topological polar surface area (TPSA) is 83.1 Å². The number of fused-ring (bicyclic) bond motifs is 2. The summed E-state index contributed by atoms with van der Waals surface area (Å²) in [7, 11) is 0. The number of aromatic amines is 1. The fourth-order valence-electron chi connectivity index (χ4n) is 3.27. The van der Waals surface area contributed by atoms with E-state index < -0.39 is 0 Å². The van der Waals surface area contributed by atoms with Gasteiger partial charge in [-0.05, 0) is 24.3 Å². The van der Waals surface area contributed by atoms with Crippen LogP contribution in [0.15, 0.2) is 53.3 Å². The molecule has 130 valence electrons. The van der Waals surface area contributed by atoms with Gasteiger partial charge < -0.3 is 9.88 Å². The first-order valence-corrected chi connectivity index (χ1v) is 8.54. The fourth-order valence-corrected chi connectivity index (χ4v) is 3.27. The van der Waals surface area contributed by atoms with Gasteiger partial charge in [-0.25, -0.2) is 4.98 Å². The van der Waals surface area contributed by atoms with Crippen LogP contribution < -0.4 is 10.5 Å². The molecule has 26 heavy (non-hydrogen) atoms. The van der Waals surface area contributed by atoms with E-state index in [-0.39, 0.29) is 30.1 Å². The predicted octanol–water partition coefficient (Wildman–Crippen LogP) is 2.48. The van der Waals surface area contributed by atoms with Crippen molar-refractivity contribution in [3.8, 4) is 0 Å². The number of benzene rings is 2. The quantitative estimate of drug-likeness (QED) is 0.789. The van der Waals surface area contributed by atoms with Gasteiger partial charge in [-0.15, -0.1) is 0 Å². The van der Waals surface area contributed by atoms with Crippen LogP contribution in [0, 0.1) is 0 Å². The molecule has 1 N–H and O–H groups in total. The second-order valence-corrected chi connectivity index (χ2v) is 6.27. The number of aromatic nitrogens is 2. The summed E-state index contributed by atoms with van der Waals surface area (Å²) in [5.74, 6) is -0.0587. The SMILES string of the molecule is O=C1CCN(C(=O)CCc2nc3ccccc3[nH]c2=O)c2ccccc21. The van der Waals surface area contributed by atoms with Crippen LogP contribution >= 0.6 is 0 Å². The average Bonchev–Trinajstić information content (AvgIpc) is 2.66. The molecular weight excluding hydrogens is 330 g/mol. The number of hydrogen-bond donors (Lipinski definition) is 1. The number of anilines is 1. The lowest BCUT2D eigenvalue weighted by Gasteiger charge is -2.28. The molecule has 0 radical (unpaired) electrons. The van der Waals surface area contributed by atoms with E-state index in [4.69, 9.17) is 0 Å². The number of ketones is 1. The Bertz CT molecular complexity index is 1070. The fraction of sp³-hybridized carbons (Fsp3) is 0.200. The number of Topliss-reactive ketones (excluding diaryl/α,β-unsaturated/α-hetero) is 1. The highest BCUT2D eigenvalue weighted by atomic mass is 16.2. The van der Waals surface area contributed by atoms with Crippen molar-refractivity contribution in [1.82, 2.24) is 9.97 Å². The van der Waals surface area contributed by atoms with Crippen molar-refractivity contribution in [3.63, 3.8) is 0 Å². The summed E-state index contributed by atoms with van der Waals surface area (Å²) in [6.45, 7) is 0.371. The van der Waals surface area contributed by atoms with Crippen LogP contribution in [0.5, 0.6) is 0 Å². The summed E-state index contributed by atoms with van der Waals surface area (Å²) in [6, 6.07) is 14.4. The van der Waals surface area contributed by atoms with Gasteiger partial charge in [-0.1, -0.05) is 24.3 Å². The molecule has 6 nitrogen and oxygen atoms in total. The number of amides is 1. The summed E-state index contributed by atoms with van der Waals surface area (Å²) >= 11 is 0. The molecule has 0 saturated carbocycles. The lowest BCUT2D eigenvalue weighted by Crippen LogP contribution is -2.37. The van der Waals surface area contributed by atoms with E-state index in [1.54, 1.807) is 29.2 Å². The predicted molar refractivity (Wildman–Crippen MR) is 98.4 cm³/mol. The minimum atomic E-state index is -0.272. The summed E-state index contributed by atoms with van der Waals surface area (Å²) in [4.78, 5) is 45.7. The molecular formula is C20H17N3O3. The third-order valence-electron chi connectivity index (χ3n) is 4.60. The van der Waals surface area contributed by atoms with Crippen molar-refractivity contribution < 1.29 is 9.59 Å². The lowest BCUT2D eigenvalue weighted by molar-refractivity contribution is -0.118. The molecule has 1 aliphatic heterocycles. The van der Waals surface area contributed by atoms with Gasteiger partial charge in [-0.2, -0.15) is 0 Å². The Morgan fingerprint density at radius 3 is 2.73 bits per heavy atom. The third-order valence-corrected chi connectivity index (χ3v) is 4.60. The number of carbonyl (C=O) groups excluding carboxylic acids is 2. The van der Waals surface area contributed by atoms with E-state index in [1.807, 2.05) is 24.3 Å². The van der Waals surface area contributed by atoms with Gasteiger partial charge in [0.1, 0.15) is 5.69 Å². The molecule has 1 aromatic heterocycles. The number of nitrogens with one attached hydrogen (secondary N) is 1. The Kier molecular flexibility index (Phi) is 4.08. The molecule has 1 amide bonds. The Labute approximate surface area is 149 Å². The Morgan fingerprint density at radius 2 is 1.85 bits per heavy atom. The smallest absolute Gasteiger partial charge is 0.270 e. The van der Waals surface area contributed by atoms with Crippen molar-refractivity contribution in [1.29, 1.82) is 0 Å². The first kappa shape index (κ1) is 16.2. The standard InChI is InChI=1S/C20H17N3O3/c24-18-11-12-23(17-8-4-1-5-13(17)18)19(25)10-9-16-20(26)22-15-7-3-2-6-14(15)21-16/h1-8H,9-12H2,(H,22,26). The second kappa shape index (κ2) is 6.55. The molecule has 0 fully saturated rings. The van der Waals surface area contributed by atoms with Crippen molar-refractivity contribution >= 4 is 28.4 Å². The number of hydrogen-bond acceptors (Lipinski definition) is 4. The van der Waals surface area contributed by atoms with E-state index in [1.165, 1.54) is 0 Å². The maximum absolute atomic E-state index is 12.7. The first-order chi connectivity index (χ1) is 12.6. The Balaban J connectivity index is 1.55. The molecule has 6 heteroatoms. The minimum Gasteiger partial charge on any atom is -0.319 e. The van der Waals surface area contributed by atoms with E-state index >= 15 is 0 Å². The summed E-state index contributed by atoms with van der Waals surface area (Å²) < 4.78 is 0. The zero-order valence-electron chi connectivity index (χ0n) is 14.1. The van der Waals surface area contributed by atoms with Gasteiger partial charge in [0.2, 0.25) is 5.91 Å². The number of carbonyl (C=O) groups is 2. The zero-order chi connectivity index (χ0) is 18.1. The number of rotatable bonds is 3. The van der Waals surface area contributed by atoms with Crippen molar-refractivity contribution in [2.45, 2.75) is 19.3 Å². The van der Waals surface area contributed by atoms with Crippen molar-refractivity contribution in [2.24, 2.45) is 0 Å². The van der Waals surface area contributed by atoms with Crippen LogP contribution in [0.4, 0.5) is 5.69 Å². The van der Waals surface area contributed by atoms with E-state index in [0.29, 0.717) is 40.9 Å². The molecule has 2 heterocycles. The first-order valence-electron chi connectivity index (χ1n) is 8.54. The van der Waals surface area contributed by atoms with Gasteiger partial charge in [0.05, 0.1) is 16.7 Å². The van der Waals surface area contributed by atoms with Gasteiger partial charge in [0, 0.05) is 31.4 Å². The zero-order valence-corrected chi connectivity index (χ0v) is 14.1. The highest BCUT2D eigenvalue weighted by Gasteiger charge is 2.26. The van der Waals surface area contributed by atoms with Crippen LogP contribution in [0.25, 0.3) is 11.0 Å². The number of H-pyrrole nitrogens is 1. The minimum absolute atomic E-state index is 0.0530. The average molecular weight is 347 g/mol. The highest BCUT2D eigenvalue weighted by Crippen LogP contribution is 2.27. The molecule has 0 aliphatic carbocycles. The molecule has 1 aliphatic rings. The summed E-state index contributed by atoms with van der Waals surface area (Å²) in [5, 5.41) is 0. The van der Waals surface area contributed by atoms with E-state index in [9.17, 15) is 14.4 Å². The van der Waals surface area contributed by atoms with Crippen molar-refractivity contribution in [2.75, 3.05) is 11.4 Å². The number of nitrogens with zero attached hydrogens (tertiary/aromatic N) is 2. The Morgan fingerprint density at radius 1 is 1.08 bits per heavy atom. The van der Waals surface area contributed by atoms with Crippen LogP contribution in [-0.4, -0.2) is 28.2 Å². The van der Waals surface area contributed by atoms with Gasteiger partial charge in [0.25, 0.3) is 5.56 Å². The molecule has 4 rings (SSSR count). The molecule has 0 saturated heterocycles.